The van der Waals surface area contributed by atoms with Gasteiger partial charge in [-0.3, -0.25) is 4.90 Å². The number of hydrogen-bond acceptors (Lipinski definition) is 3. The summed E-state index contributed by atoms with van der Waals surface area (Å²) in [5.74, 6) is 0.902. The van der Waals surface area contributed by atoms with Gasteiger partial charge in [-0.2, -0.15) is 5.10 Å². The first kappa shape index (κ1) is 18.3. The van der Waals surface area contributed by atoms with Crippen LogP contribution in [0.25, 0.3) is 0 Å². The molecular weight excluding hydrogens is 340 g/mol. The molecule has 0 amide bonds. The molecule has 0 fully saturated rings. The lowest BCUT2D eigenvalue weighted by Gasteiger charge is -2.28. The average Bonchev–Trinajstić information content (AvgIpc) is 2.91. The van der Waals surface area contributed by atoms with E-state index in [0.29, 0.717) is 18.0 Å². The second-order valence-electron chi connectivity index (χ2n) is 6.35. The van der Waals surface area contributed by atoms with Crippen LogP contribution in [0.4, 0.5) is 0 Å². The lowest BCUT2D eigenvalue weighted by molar-refractivity contribution is 0.207. The zero-order valence-corrected chi connectivity index (χ0v) is 16.1. The van der Waals surface area contributed by atoms with Crippen LogP contribution < -0.4 is 0 Å². The molecule has 0 aliphatic rings. The van der Waals surface area contributed by atoms with Crippen molar-refractivity contribution in [3.63, 3.8) is 0 Å². The van der Waals surface area contributed by atoms with Crippen molar-refractivity contribution >= 4 is 12.2 Å². The molecule has 0 saturated heterocycles. The largest absolute Gasteiger partial charge is 0.300 e. The van der Waals surface area contributed by atoms with Crippen molar-refractivity contribution < 1.29 is 0 Å². The fourth-order valence-electron chi connectivity index (χ4n) is 3.25. The van der Waals surface area contributed by atoms with Gasteiger partial charge in [0.05, 0.1) is 12.7 Å². The summed E-state index contributed by atoms with van der Waals surface area (Å²) in [6.07, 6.45) is 1.84. The Morgan fingerprint density at radius 3 is 2.12 bits per heavy atom. The maximum Gasteiger partial charge on any atom is 0.199 e. The van der Waals surface area contributed by atoms with Gasteiger partial charge >= 0.3 is 0 Å². The van der Waals surface area contributed by atoms with Crippen LogP contribution in [-0.4, -0.2) is 26.3 Å². The second kappa shape index (κ2) is 8.25. The molecule has 134 valence electrons. The summed E-state index contributed by atoms with van der Waals surface area (Å²) in [7, 11) is 2.11. The SMILES string of the molecule is C=CCn1c(C)nn(CN(C)C(c2ccccc2)c2ccccc2)c1=S. The summed E-state index contributed by atoms with van der Waals surface area (Å²) in [6.45, 7) is 7.06. The first-order valence-corrected chi connectivity index (χ1v) is 9.08. The molecule has 0 radical (unpaired) electrons. The Balaban J connectivity index is 1.94. The molecule has 0 saturated carbocycles. The zero-order valence-electron chi connectivity index (χ0n) is 15.2. The predicted octanol–water partition coefficient (Wildman–Crippen LogP) is 4.59. The van der Waals surface area contributed by atoms with Crippen LogP contribution >= 0.6 is 12.2 Å². The third kappa shape index (κ3) is 3.84. The smallest absolute Gasteiger partial charge is 0.199 e. The number of benzene rings is 2. The minimum atomic E-state index is 0.129. The van der Waals surface area contributed by atoms with Gasteiger partial charge in [0.1, 0.15) is 5.82 Å². The molecule has 1 heterocycles. The molecular formula is C21H24N4S. The topological polar surface area (TPSA) is 26.0 Å². The van der Waals surface area contributed by atoms with Crippen LogP contribution in [0.3, 0.4) is 0 Å². The Bertz CT molecular complexity index is 873. The van der Waals surface area contributed by atoms with Crippen LogP contribution in [0.1, 0.15) is 23.0 Å². The summed E-state index contributed by atoms with van der Waals surface area (Å²) >= 11 is 5.61. The van der Waals surface area contributed by atoms with Gasteiger partial charge in [-0.05, 0) is 37.3 Å². The van der Waals surface area contributed by atoms with Gasteiger partial charge in [-0.15, -0.1) is 6.58 Å². The van der Waals surface area contributed by atoms with Crippen LogP contribution in [0.15, 0.2) is 73.3 Å². The molecule has 1 aromatic heterocycles. The van der Waals surface area contributed by atoms with Crippen molar-refractivity contribution in [2.75, 3.05) is 7.05 Å². The average molecular weight is 365 g/mol. The lowest BCUT2D eigenvalue weighted by atomic mass is 9.98. The number of rotatable bonds is 7. The third-order valence-corrected chi connectivity index (χ3v) is 4.88. The molecule has 4 nitrogen and oxygen atoms in total. The van der Waals surface area contributed by atoms with Crippen LogP contribution in [0.5, 0.6) is 0 Å². The van der Waals surface area contributed by atoms with Gasteiger partial charge in [0.25, 0.3) is 0 Å². The van der Waals surface area contributed by atoms with E-state index < -0.39 is 0 Å². The van der Waals surface area contributed by atoms with Crippen LogP contribution in [-0.2, 0) is 13.2 Å². The summed E-state index contributed by atoms with van der Waals surface area (Å²) in [5, 5.41) is 4.62. The molecule has 0 aliphatic carbocycles. The minimum absolute atomic E-state index is 0.129. The highest BCUT2D eigenvalue weighted by Crippen LogP contribution is 2.27. The van der Waals surface area contributed by atoms with Gasteiger partial charge in [-0.25, -0.2) is 4.68 Å². The van der Waals surface area contributed by atoms with E-state index in [1.165, 1.54) is 11.1 Å². The third-order valence-electron chi connectivity index (χ3n) is 4.45. The van der Waals surface area contributed by atoms with Crippen LogP contribution in [0.2, 0.25) is 0 Å². The molecule has 0 atom stereocenters. The highest BCUT2D eigenvalue weighted by atomic mass is 32.1. The highest BCUT2D eigenvalue weighted by molar-refractivity contribution is 7.71. The summed E-state index contributed by atoms with van der Waals surface area (Å²) < 4.78 is 4.60. The standard InChI is InChI=1S/C21H24N4S/c1-4-15-24-17(2)22-25(21(24)26)16-23(3)20(18-11-7-5-8-12-18)19-13-9-6-10-14-19/h4-14,20H,1,15-16H2,2-3H3. The van der Waals surface area contributed by atoms with E-state index in [0.717, 1.165) is 5.82 Å². The van der Waals surface area contributed by atoms with E-state index in [1.54, 1.807) is 0 Å². The molecule has 0 spiro atoms. The number of aryl methyl sites for hydroxylation is 1. The normalized spacial score (nSPS) is 11.2. The van der Waals surface area contributed by atoms with E-state index in [9.17, 15) is 0 Å². The number of nitrogens with zero attached hydrogens (tertiary/aromatic N) is 4. The maximum atomic E-state index is 5.61. The summed E-state index contributed by atoms with van der Waals surface area (Å²) in [4.78, 5) is 2.27. The van der Waals surface area contributed by atoms with E-state index in [1.807, 2.05) is 34.4 Å². The van der Waals surface area contributed by atoms with E-state index in [-0.39, 0.29) is 6.04 Å². The fourth-order valence-corrected chi connectivity index (χ4v) is 3.55. The van der Waals surface area contributed by atoms with Crippen LogP contribution in [0, 0.1) is 11.7 Å². The van der Waals surface area contributed by atoms with Gasteiger partial charge in [0.2, 0.25) is 0 Å². The van der Waals surface area contributed by atoms with Crippen molar-refractivity contribution in [3.05, 3.63) is 95.0 Å². The molecule has 0 aliphatic heterocycles. The Morgan fingerprint density at radius 1 is 1.08 bits per heavy atom. The molecule has 5 heteroatoms. The lowest BCUT2D eigenvalue weighted by Crippen LogP contribution is -2.28. The monoisotopic (exact) mass is 364 g/mol. The van der Waals surface area contributed by atoms with Gasteiger partial charge < -0.3 is 4.57 Å². The molecule has 26 heavy (non-hydrogen) atoms. The fraction of sp³-hybridized carbons (Fsp3) is 0.238. The summed E-state index contributed by atoms with van der Waals surface area (Å²) in [5.41, 5.74) is 2.49. The zero-order chi connectivity index (χ0) is 18.5. The second-order valence-corrected chi connectivity index (χ2v) is 6.72. The van der Waals surface area contributed by atoms with E-state index >= 15 is 0 Å². The summed E-state index contributed by atoms with van der Waals surface area (Å²) in [6, 6.07) is 21.2. The quantitative estimate of drug-likeness (QED) is 0.453. The van der Waals surface area contributed by atoms with E-state index in [4.69, 9.17) is 12.2 Å². The highest BCUT2D eigenvalue weighted by Gasteiger charge is 2.20. The number of aromatic nitrogens is 3. The molecule has 2 aromatic carbocycles. The number of allylic oxidation sites excluding steroid dienone is 1. The van der Waals surface area contributed by atoms with Crippen molar-refractivity contribution in [2.45, 2.75) is 26.2 Å². The molecule has 3 rings (SSSR count). The minimum Gasteiger partial charge on any atom is -0.300 e. The first-order valence-electron chi connectivity index (χ1n) is 8.67. The molecule has 3 aromatic rings. The molecule has 0 unspecified atom stereocenters. The van der Waals surface area contributed by atoms with Crippen molar-refractivity contribution in [2.24, 2.45) is 0 Å². The first-order chi connectivity index (χ1) is 12.6. The van der Waals surface area contributed by atoms with Gasteiger partial charge in [0, 0.05) is 6.54 Å². The molecule has 0 bridgehead atoms. The number of hydrogen-bond donors (Lipinski definition) is 0. The van der Waals surface area contributed by atoms with E-state index in [2.05, 4.69) is 72.2 Å². The van der Waals surface area contributed by atoms with Gasteiger partial charge in [-0.1, -0.05) is 66.7 Å². The van der Waals surface area contributed by atoms with Crippen molar-refractivity contribution in [3.8, 4) is 0 Å². The van der Waals surface area contributed by atoms with Gasteiger partial charge in [0.15, 0.2) is 4.77 Å². The Labute approximate surface area is 160 Å². The van der Waals surface area contributed by atoms with Crippen molar-refractivity contribution in [1.29, 1.82) is 0 Å². The van der Waals surface area contributed by atoms with Crippen molar-refractivity contribution in [1.82, 2.24) is 19.2 Å². The molecule has 0 N–H and O–H groups in total. The Hall–Kier alpha value is -2.50. The predicted molar refractivity (Wildman–Crippen MR) is 108 cm³/mol. The Kier molecular flexibility index (Phi) is 5.81. The Morgan fingerprint density at radius 2 is 1.62 bits per heavy atom. The maximum absolute atomic E-state index is 5.61.